The zero-order chi connectivity index (χ0) is 19.3. The molecule has 28 heavy (non-hydrogen) atoms. The fourth-order valence-electron chi connectivity index (χ4n) is 3.60. The third kappa shape index (κ3) is 4.70. The topological polar surface area (TPSA) is 38.7 Å². The van der Waals surface area contributed by atoms with Gasteiger partial charge in [0.05, 0.1) is 4.91 Å². The van der Waals surface area contributed by atoms with Crippen LogP contribution < -0.4 is 4.74 Å². The first-order valence-corrected chi connectivity index (χ1v) is 11.6. The molecule has 0 N–H and O–H groups in total. The monoisotopic (exact) mass is 409 g/mol. The fraction of sp³-hybridized carbons (Fsp3) is 0.304. The van der Waals surface area contributed by atoms with E-state index in [1.54, 1.807) is 0 Å². The summed E-state index contributed by atoms with van der Waals surface area (Å²) in [6, 6.07) is 16.7. The molecule has 3 nitrogen and oxygen atoms in total. The lowest BCUT2D eigenvalue weighted by molar-refractivity contribution is -0.113. The third-order valence-electron chi connectivity index (χ3n) is 5.17. The number of hydrogen-bond donors (Lipinski definition) is 0. The van der Waals surface area contributed by atoms with Crippen LogP contribution in [0.5, 0.6) is 5.75 Å². The standard InChI is InChI=1S/C23H23NO2S2/c1-27-23-24-22(25)21(28-23)14-16-6-8-17(9-7-16)15-26-20-12-10-19(11-13-20)18-4-2-3-5-18/h6-14,18H,2-5,15H2,1H3/b21-14-. The minimum Gasteiger partial charge on any atom is -0.489 e. The molecule has 0 saturated heterocycles. The average molecular weight is 410 g/mol. The van der Waals surface area contributed by atoms with Crippen molar-refractivity contribution in [1.29, 1.82) is 0 Å². The van der Waals surface area contributed by atoms with Crippen molar-refractivity contribution in [3.8, 4) is 5.75 Å². The largest absolute Gasteiger partial charge is 0.489 e. The smallest absolute Gasteiger partial charge is 0.285 e. The first-order chi connectivity index (χ1) is 13.7. The summed E-state index contributed by atoms with van der Waals surface area (Å²) >= 11 is 2.94. The number of carbonyl (C=O) groups is 1. The molecule has 1 amide bonds. The second-order valence-corrected chi connectivity index (χ2v) is 9.16. The van der Waals surface area contributed by atoms with E-state index in [1.165, 1.54) is 54.8 Å². The molecule has 0 spiro atoms. The van der Waals surface area contributed by atoms with Gasteiger partial charge < -0.3 is 4.74 Å². The highest BCUT2D eigenvalue weighted by Crippen LogP contribution is 2.35. The van der Waals surface area contributed by atoms with Crippen molar-refractivity contribution in [3.63, 3.8) is 0 Å². The minimum absolute atomic E-state index is 0.150. The van der Waals surface area contributed by atoms with Gasteiger partial charge in [-0.05, 0) is 59.9 Å². The van der Waals surface area contributed by atoms with Crippen molar-refractivity contribution in [1.82, 2.24) is 0 Å². The molecule has 2 aromatic carbocycles. The number of rotatable bonds is 5. The van der Waals surface area contributed by atoms with E-state index in [9.17, 15) is 4.79 Å². The Kier molecular flexibility index (Phi) is 6.23. The van der Waals surface area contributed by atoms with Gasteiger partial charge in [0.15, 0.2) is 0 Å². The number of amides is 1. The van der Waals surface area contributed by atoms with Gasteiger partial charge in [0.1, 0.15) is 16.7 Å². The Hall–Kier alpha value is -1.98. The summed E-state index contributed by atoms with van der Waals surface area (Å²) in [4.78, 5) is 16.6. The molecule has 0 bridgehead atoms. The Balaban J connectivity index is 1.33. The summed E-state index contributed by atoms with van der Waals surface area (Å²) in [5.74, 6) is 1.49. The van der Waals surface area contributed by atoms with Gasteiger partial charge in [0.2, 0.25) is 0 Å². The average Bonchev–Trinajstić information content (AvgIpc) is 3.38. The molecular formula is C23H23NO2S2. The maximum atomic E-state index is 11.9. The molecule has 5 heteroatoms. The van der Waals surface area contributed by atoms with Gasteiger partial charge in [-0.15, -0.1) is 11.8 Å². The van der Waals surface area contributed by atoms with Crippen molar-refractivity contribution in [2.75, 3.05) is 6.26 Å². The number of benzene rings is 2. The molecule has 2 aliphatic rings. The molecule has 0 atom stereocenters. The summed E-state index contributed by atoms with van der Waals surface area (Å²) in [5.41, 5.74) is 3.54. The summed E-state index contributed by atoms with van der Waals surface area (Å²) < 4.78 is 6.74. The molecule has 1 aliphatic carbocycles. The number of thioether (sulfide) groups is 2. The lowest BCUT2D eigenvalue weighted by Gasteiger charge is -2.11. The van der Waals surface area contributed by atoms with E-state index < -0.39 is 0 Å². The quantitative estimate of drug-likeness (QED) is 0.547. The van der Waals surface area contributed by atoms with Crippen LogP contribution in [-0.2, 0) is 11.4 Å². The molecule has 4 rings (SSSR count). The first kappa shape index (κ1) is 19.3. The molecule has 144 valence electrons. The predicted octanol–water partition coefficient (Wildman–Crippen LogP) is 6.26. The van der Waals surface area contributed by atoms with Crippen LogP contribution in [0.1, 0.15) is 48.3 Å². The molecular weight excluding hydrogens is 386 g/mol. The van der Waals surface area contributed by atoms with Gasteiger partial charge in [-0.2, -0.15) is 4.99 Å². The normalized spacial score (nSPS) is 18.7. The van der Waals surface area contributed by atoms with Crippen molar-refractivity contribution >= 4 is 39.9 Å². The number of aliphatic imine (C=N–C) groups is 1. The highest BCUT2D eigenvalue weighted by Gasteiger charge is 2.21. The van der Waals surface area contributed by atoms with Crippen LogP contribution in [-0.4, -0.2) is 16.5 Å². The molecule has 0 unspecified atom stereocenters. The van der Waals surface area contributed by atoms with Gasteiger partial charge in [-0.3, -0.25) is 4.79 Å². The maximum Gasteiger partial charge on any atom is 0.285 e. The summed E-state index contributed by atoms with van der Waals surface area (Å²) in [5, 5.41) is 0. The van der Waals surface area contributed by atoms with Crippen molar-refractivity contribution in [3.05, 3.63) is 70.1 Å². The van der Waals surface area contributed by atoms with E-state index in [0.29, 0.717) is 11.5 Å². The molecule has 2 aromatic rings. The van der Waals surface area contributed by atoms with Gasteiger partial charge >= 0.3 is 0 Å². The lowest BCUT2D eigenvalue weighted by atomic mass is 9.98. The predicted molar refractivity (Wildman–Crippen MR) is 120 cm³/mol. The van der Waals surface area contributed by atoms with Crippen LogP contribution >= 0.6 is 23.5 Å². The van der Waals surface area contributed by atoms with Crippen molar-refractivity contribution in [2.45, 2.75) is 38.2 Å². The number of ether oxygens (including phenoxy) is 1. The van der Waals surface area contributed by atoms with Gasteiger partial charge in [0, 0.05) is 0 Å². The van der Waals surface area contributed by atoms with Crippen molar-refractivity contribution < 1.29 is 9.53 Å². The molecule has 1 heterocycles. The summed E-state index contributed by atoms with van der Waals surface area (Å²) in [7, 11) is 0. The Bertz CT molecular complexity index is 895. The van der Waals surface area contributed by atoms with Crippen LogP contribution in [0.25, 0.3) is 6.08 Å². The Morgan fingerprint density at radius 2 is 1.82 bits per heavy atom. The number of carbonyl (C=O) groups excluding carboxylic acids is 1. The van der Waals surface area contributed by atoms with Gasteiger partial charge in [0.25, 0.3) is 5.91 Å². The Morgan fingerprint density at radius 3 is 2.46 bits per heavy atom. The van der Waals surface area contributed by atoms with E-state index in [0.717, 1.165) is 27.2 Å². The van der Waals surface area contributed by atoms with Crippen LogP contribution in [0.3, 0.4) is 0 Å². The number of nitrogens with zero attached hydrogens (tertiary/aromatic N) is 1. The molecule has 0 aromatic heterocycles. The van der Waals surface area contributed by atoms with E-state index in [-0.39, 0.29) is 5.91 Å². The second kappa shape index (κ2) is 9.01. The van der Waals surface area contributed by atoms with Crippen LogP contribution in [0, 0.1) is 0 Å². The zero-order valence-corrected chi connectivity index (χ0v) is 17.5. The highest BCUT2D eigenvalue weighted by molar-refractivity contribution is 8.40. The van der Waals surface area contributed by atoms with Crippen LogP contribution in [0.15, 0.2) is 58.4 Å². The zero-order valence-electron chi connectivity index (χ0n) is 15.9. The fourth-order valence-corrected chi connectivity index (χ4v) is 5.02. The molecule has 0 radical (unpaired) electrons. The Morgan fingerprint density at radius 1 is 1.11 bits per heavy atom. The van der Waals surface area contributed by atoms with Crippen LogP contribution in [0.2, 0.25) is 0 Å². The third-order valence-corrected chi connectivity index (χ3v) is 7.13. The maximum absolute atomic E-state index is 11.9. The molecule has 1 saturated carbocycles. The first-order valence-electron chi connectivity index (χ1n) is 9.59. The molecule has 1 aliphatic heterocycles. The van der Waals surface area contributed by atoms with Crippen molar-refractivity contribution in [2.24, 2.45) is 4.99 Å². The Labute approximate surface area is 174 Å². The van der Waals surface area contributed by atoms with Crippen LogP contribution in [0.4, 0.5) is 0 Å². The van der Waals surface area contributed by atoms with E-state index in [1.807, 2.05) is 36.6 Å². The summed E-state index contributed by atoms with van der Waals surface area (Å²) in [6.45, 7) is 0.535. The second-order valence-electron chi connectivity index (χ2n) is 7.08. The summed E-state index contributed by atoms with van der Waals surface area (Å²) in [6.07, 6.45) is 9.17. The van der Waals surface area contributed by atoms with Gasteiger partial charge in [-0.1, -0.05) is 61.0 Å². The van der Waals surface area contributed by atoms with Gasteiger partial charge in [-0.25, -0.2) is 0 Å². The number of hydrogen-bond acceptors (Lipinski definition) is 4. The minimum atomic E-state index is -0.150. The van der Waals surface area contributed by atoms with E-state index >= 15 is 0 Å². The van der Waals surface area contributed by atoms with E-state index in [2.05, 4.69) is 29.3 Å². The molecule has 1 fully saturated rings. The lowest BCUT2D eigenvalue weighted by Crippen LogP contribution is -1.97. The van der Waals surface area contributed by atoms with E-state index in [4.69, 9.17) is 4.74 Å². The highest BCUT2D eigenvalue weighted by atomic mass is 32.2. The SMILES string of the molecule is CSC1=NC(=O)/C(=C/c2ccc(COc3ccc(C4CCCC4)cc3)cc2)S1.